The van der Waals surface area contributed by atoms with Crippen molar-refractivity contribution in [3.05, 3.63) is 29.8 Å². The van der Waals surface area contributed by atoms with Gasteiger partial charge in [0.15, 0.2) is 5.78 Å². The second-order valence-corrected chi connectivity index (χ2v) is 6.87. The van der Waals surface area contributed by atoms with Gasteiger partial charge >= 0.3 is 0 Å². The normalized spacial score (nSPS) is 20.7. The Morgan fingerprint density at radius 2 is 1.65 bits per heavy atom. The molecule has 26 heavy (non-hydrogen) atoms. The molecule has 3 rings (SSSR count). The topological polar surface area (TPSA) is 51.2 Å². The molecule has 2 aliphatic rings. The van der Waals surface area contributed by atoms with Crippen molar-refractivity contribution in [3.8, 4) is 5.75 Å². The summed E-state index contributed by atoms with van der Waals surface area (Å²) in [5, 5.41) is 0. The second-order valence-electron chi connectivity index (χ2n) is 6.87. The standard InChI is InChI=1S/C20H30N2O4/c1-17(22-10-15-25-16-11-22)20(23)18-3-5-19(6-4-18)26-12-2-7-21-8-13-24-14-9-21/h3-6,17H,2,7-16H2,1H3. The molecule has 6 nitrogen and oxygen atoms in total. The van der Waals surface area contributed by atoms with Gasteiger partial charge in [-0.15, -0.1) is 0 Å². The van der Waals surface area contributed by atoms with Crippen LogP contribution in [-0.2, 0) is 9.47 Å². The summed E-state index contributed by atoms with van der Waals surface area (Å²) >= 11 is 0. The highest BCUT2D eigenvalue weighted by molar-refractivity contribution is 5.99. The SMILES string of the molecule is CC(C(=O)c1ccc(OCCCN2CCOCC2)cc1)N1CCOCC1. The molecule has 144 valence electrons. The van der Waals surface area contributed by atoms with Gasteiger partial charge in [-0.3, -0.25) is 14.6 Å². The second kappa shape index (κ2) is 10.0. The molecule has 0 radical (unpaired) electrons. The van der Waals surface area contributed by atoms with Crippen LogP contribution in [-0.4, -0.2) is 87.4 Å². The fraction of sp³-hybridized carbons (Fsp3) is 0.650. The molecule has 2 fully saturated rings. The first-order valence-corrected chi connectivity index (χ1v) is 9.63. The third-order valence-corrected chi connectivity index (χ3v) is 5.10. The highest BCUT2D eigenvalue weighted by Gasteiger charge is 2.24. The Morgan fingerprint density at radius 1 is 1.04 bits per heavy atom. The molecule has 1 atom stereocenters. The lowest BCUT2D eigenvalue weighted by molar-refractivity contribution is 0.0208. The highest BCUT2D eigenvalue weighted by atomic mass is 16.5. The van der Waals surface area contributed by atoms with E-state index in [0.717, 1.165) is 63.7 Å². The Bertz CT molecular complexity index is 551. The van der Waals surface area contributed by atoms with Crippen LogP contribution in [0.3, 0.4) is 0 Å². The van der Waals surface area contributed by atoms with Gasteiger partial charge in [0.25, 0.3) is 0 Å². The van der Waals surface area contributed by atoms with E-state index >= 15 is 0 Å². The first-order valence-electron chi connectivity index (χ1n) is 9.63. The summed E-state index contributed by atoms with van der Waals surface area (Å²) in [5.74, 6) is 0.980. The number of morpholine rings is 2. The van der Waals surface area contributed by atoms with Crippen molar-refractivity contribution in [2.45, 2.75) is 19.4 Å². The van der Waals surface area contributed by atoms with Crippen molar-refractivity contribution in [3.63, 3.8) is 0 Å². The van der Waals surface area contributed by atoms with Crippen LogP contribution in [0.15, 0.2) is 24.3 Å². The zero-order valence-electron chi connectivity index (χ0n) is 15.7. The maximum atomic E-state index is 12.7. The van der Waals surface area contributed by atoms with Gasteiger partial charge in [0.2, 0.25) is 0 Å². The molecule has 0 aliphatic carbocycles. The lowest BCUT2D eigenvalue weighted by Crippen LogP contribution is -2.45. The molecule has 2 heterocycles. The molecule has 1 unspecified atom stereocenters. The van der Waals surface area contributed by atoms with Gasteiger partial charge in [-0.1, -0.05) is 0 Å². The molecule has 6 heteroatoms. The molecule has 0 bridgehead atoms. The van der Waals surface area contributed by atoms with Crippen molar-refractivity contribution < 1.29 is 19.0 Å². The summed E-state index contributed by atoms with van der Waals surface area (Å²) in [6.45, 7) is 10.4. The number of carbonyl (C=O) groups excluding carboxylic acids is 1. The van der Waals surface area contributed by atoms with E-state index in [1.54, 1.807) is 0 Å². The van der Waals surface area contributed by atoms with E-state index in [0.29, 0.717) is 19.8 Å². The van der Waals surface area contributed by atoms with Crippen molar-refractivity contribution in [2.75, 3.05) is 65.8 Å². The number of benzene rings is 1. The van der Waals surface area contributed by atoms with E-state index in [9.17, 15) is 4.79 Å². The summed E-state index contributed by atoms with van der Waals surface area (Å²) in [5.41, 5.74) is 0.740. The Labute approximate surface area is 156 Å². The smallest absolute Gasteiger partial charge is 0.179 e. The van der Waals surface area contributed by atoms with Crippen LogP contribution in [0.4, 0.5) is 0 Å². The van der Waals surface area contributed by atoms with E-state index in [1.165, 1.54) is 0 Å². The zero-order valence-corrected chi connectivity index (χ0v) is 15.7. The maximum absolute atomic E-state index is 12.7. The molecule has 1 aromatic rings. The van der Waals surface area contributed by atoms with Gasteiger partial charge < -0.3 is 14.2 Å². The monoisotopic (exact) mass is 362 g/mol. The molecule has 0 saturated carbocycles. The van der Waals surface area contributed by atoms with Gasteiger partial charge in [-0.25, -0.2) is 0 Å². The molecule has 0 spiro atoms. The summed E-state index contributed by atoms with van der Waals surface area (Å²) in [4.78, 5) is 17.2. The van der Waals surface area contributed by atoms with Crippen LogP contribution in [0.5, 0.6) is 5.75 Å². The number of hydrogen-bond acceptors (Lipinski definition) is 6. The summed E-state index contributed by atoms with van der Waals surface area (Å²) in [6.07, 6.45) is 0.995. The van der Waals surface area contributed by atoms with Crippen molar-refractivity contribution in [1.82, 2.24) is 9.80 Å². The molecule has 2 aliphatic heterocycles. The van der Waals surface area contributed by atoms with Gasteiger partial charge in [0, 0.05) is 38.3 Å². The van der Waals surface area contributed by atoms with Crippen LogP contribution in [0.2, 0.25) is 0 Å². The first-order chi connectivity index (χ1) is 12.7. The van der Waals surface area contributed by atoms with Crippen LogP contribution in [0.25, 0.3) is 0 Å². The van der Waals surface area contributed by atoms with Gasteiger partial charge in [-0.05, 0) is 37.6 Å². The average Bonchev–Trinajstić information content (AvgIpc) is 2.72. The van der Waals surface area contributed by atoms with Gasteiger partial charge in [-0.2, -0.15) is 0 Å². The van der Waals surface area contributed by atoms with Gasteiger partial charge in [0.05, 0.1) is 39.1 Å². The molecule has 1 aromatic carbocycles. The fourth-order valence-electron chi connectivity index (χ4n) is 3.39. The summed E-state index contributed by atoms with van der Waals surface area (Å²) in [7, 11) is 0. The van der Waals surface area contributed by atoms with Crippen LogP contribution in [0, 0.1) is 0 Å². The van der Waals surface area contributed by atoms with E-state index in [1.807, 2.05) is 31.2 Å². The minimum atomic E-state index is -0.112. The van der Waals surface area contributed by atoms with E-state index in [4.69, 9.17) is 14.2 Å². The number of ketones is 1. The lowest BCUT2D eigenvalue weighted by Gasteiger charge is -2.31. The van der Waals surface area contributed by atoms with Crippen molar-refractivity contribution in [1.29, 1.82) is 0 Å². The zero-order chi connectivity index (χ0) is 18.2. The Morgan fingerprint density at radius 3 is 2.31 bits per heavy atom. The number of nitrogens with zero attached hydrogens (tertiary/aromatic N) is 2. The number of carbonyl (C=O) groups is 1. The van der Waals surface area contributed by atoms with Crippen LogP contribution >= 0.6 is 0 Å². The molecule has 2 saturated heterocycles. The first kappa shape index (κ1) is 19.3. The summed E-state index contributed by atoms with van der Waals surface area (Å²) < 4.78 is 16.5. The Balaban J connectivity index is 1.41. The Hall–Kier alpha value is -1.47. The van der Waals surface area contributed by atoms with Crippen LogP contribution in [0.1, 0.15) is 23.7 Å². The number of ether oxygens (including phenoxy) is 3. The van der Waals surface area contributed by atoms with E-state index in [-0.39, 0.29) is 11.8 Å². The number of hydrogen-bond donors (Lipinski definition) is 0. The van der Waals surface area contributed by atoms with Crippen molar-refractivity contribution >= 4 is 5.78 Å². The predicted molar refractivity (Wildman–Crippen MR) is 100.0 cm³/mol. The fourth-order valence-corrected chi connectivity index (χ4v) is 3.39. The molecular weight excluding hydrogens is 332 g/mol. The summed E-state index contributed by atoms with van der Waals surface area (Å²) in [6, 6.07) is 7.43. The third kappa shape index (κ3) is 5.51. The van der Waals surface area contributed by atoms with E-state index < -0.39 is 0 Å². The molecule has 0 N–H and O–H groups in total. The minimum Gasteiger partial charge on any atom is -0.494 e. The maximum Gasteiger partial charge on any atom is 0.179 e. The molecule has 0 amide bonds. The predicted octanol–water partition coefficient (Wildman–Crippen LogP) is 1.69. The average molecular weight is 362 g/mol. The largest absolute Gasteiger partial charge is 0.494 e. The number of rotatable bonds is 8. The highest BCUT2D eigenvalue weighted by Crippen LogP contribution is 2.16. The van der Waals surface area contributed by atoms with E-state index in [2.05, 4.69) is 9.80 Å². The Kier molecular flexibility index (Phi) is 7.43. The lowest BCUT2D eigenvalue weighted by atomic mass is 10.0. The minimum absolute atomic E-state index is 0.112. The number of Topliss-reactive ketones (excluding diaryl/α,β-unsaturated/α-hetero) is 1. The molecule has 0 aromatic heterocycles. The van der Waals surface area contributed by atoms with Gasteiger partial charge in [0.1, 0.15) is 5.75 Å². The third-order valence-electron chi connectivity index (χ3n) is 5.10. The van der Waals surface area contributed by atoms with Crippen LogP contribution < -0.4 is 4.74 Å². The van der Waals surface area contributed by atoms with Crippen molar-refractivity contribution in [2.24, 2.45) is 0 Å². The quantitative estimate of drug-likeness (QED) is 0.518. The molecular formula is C20H30N2O4.